The molecule has 2 nitrogen and oxygen atoms in total. The van der Waals surface area contributed by atoms with E-state index in [9.17, 15) is 0 Å². The molecule has 2 aromatic rings. The van der Waals surface area contributed by atoms with Crippen LogP contribution in [0.5, 0.6) is 0 Å². The molecule has 2 aromatic carbocycles. The van der Waals surface area contributed by atoms with Gasteiger partial charge in [0.05, 0.1) is 0 Å². The number of nitrogens with zero attached hydrogens (tertiary/aromatic N) is 2. The van der Waals surface area contributed by atoms with E-state index in [0.717, 1.165) is 26.2 Å². The minimum Gasteiger partial charge on any atom is -0.298 e. The summed E-state index contributed by atoms with van der Waals surface area (Å²) in [6.07, 6.45) is 2.43. The SMILES string of the molecule is CC(CCC(c1ccccc1)c1ccccc1)N1CC[N]CC1. The van der Waals surface area contributed by atoms with Gasteiger partial charge in [-0.1, -0.05) is 60.7 Å². The Hall–Kier alpha value is -1.64. The predicted octanol–water partition coefficient (Wildman–Crippen LogP) is 3.91. The maximum absolute atomic E-state index is 4.46. The Morgan fingerprint density at radius 3 is 1.87 bits per heavy atom. The number of hydrogen-bond acceptors (Lipinski definition) is 1. The summed E-state index contributed by atoms with van der Waals surface area (Å²) in [6.45, 7) is 6.64. The summed E-state index contributed by atoms with van der Waals surface area (Å²) in [5, 5.41) is 4.46. The molecule has 1 radical (unpaired) electrons. The van der Waals surface area contributed by atoms with Gasteiger partial charge in [-0.05, 0) is 30.9 Å². The Morgan fingerprint density at radius 1 is 0.826 bits per heavy atom. The molecule has 1 heterocycles. The lowest BCUT2D eigenvalue weighted by Crippen LogP contribution is -2.45. The fourth-order valence-corrected chi connectivity index (χ4v) is 3.55. The zero-order chi connectivity index (χ0) is 15.9. The first-order chi connectivity index (χ1) is 11.3. The predicted molar refractivity (Wildman–Crippen MR) is 96.9 cm³/mol. The molecule has 1 atom stereocenters. The van der Waals surface area contributed by atoms with Crippen molar-refractivity contribution in [2.45, 2.75) is 31.7 Å². The Labute approximate surface area is 140 Å². The fraction of sp³-hybridized carbons (Fsp3) is 0.429. The molecule has 0 amide bonds. The van der Waals surface area contributed by atoms with Gasteiger partial charge in [0, 0.05) is 38.1 Å². The van der Waals surface area contributed by atoms with Crippen LogP contribution in [0.15, 0.2) is 60.7 Å². The molecule has 0 aliphatic carbocycles. The highest BCUT2D eigenvalue weighted by Gasteiger charge is 2.20. The zero-order valence-corrected chi connectivity index (χ0v) is 14.1. The van der Waals surface area contributed by atoms with Gasteiger partial charge >= 0.3 is 0 Å². The molecule has 121 valence electrons. The van der Waals surface area contributed by atoms with Crippen molar-refractivity contribution in [2.24, 2.45) is 0 Å². The van der Waals surface area contributed by atoms with Gasteiger partial charge in [-0.15, -0.1) is 0 Å². The van der Waals surface area contributed by atoms with Crippen molar-refractivity contribution in [3.05, 3.63) is 71.8 Å². The van der Waals surface area contributed by atoms with Gasteiger partial charge in [0.2, 0.25) is 0 Å². The number of hydrogen-bond donors (Lipinski definition) is 0. The quantitative estimate of drug-likeness (QED) is 0.791. The lowest BCUT2D eigenvalue weighted by atomic mass is 9.86. The summed E-state index contributed by atoms with van der Waals surface area (Å²) in [4.78, 5) is 2.60. The first-order valence-corrected chi connectivity index (χ1v) is 8.82. The van der Waals surface area contributed by atoms with E-state index in [0.29, 0.717) is 12.0 Å². The van der Waals surface area contributed by atoms with Crippen LogP contribution in [0, 0.1) is 0 Å². The lowest BCUT2D eigenvalue weighted by molar-refractivity contribution is 0.172. The van der Waals surface area contributed by atoms with Crippen molar-refractivity contribution in [2.75, 3.05) is 26.2 Å². The van der Waals surface area contributed by atoms with E-state index in [1.807, 2.05) is 0 Å². The summed E-state index contributed by atoms with van der Waals surface area (Å²) < 4.78 is 0. The van der Waals surface area contributed by atoms with E-state index in [2.05, 4.69) is 77.8 Å². The standard InChI is InChI=1S/C21H27N2/c1-18(23-16-14-22-15-17-23)12-13-21(19-8-4-2-5-9-19)20-10-6-3-7-11-20/h2-11,18,21H,12-17H2,1H3. The van der Waals surface area contributed by atoms with E-state index in [1.54, 1.807) is 0 Å². The van der Waals surface area contributed by atoms with Crippen molar-refractivity contribution in [3.8, 4) is 0 Å². The van der Waals surface area contributed by atoms with Crippen LogP contribution < -0.4 is 5.32 Å². The smallest absolute Gasteiger partial charge is 0.0261 e. The average molecular weight is 307 g/mol. The first kappa shape index (κ1) is 16.2. The Morgan fingerprint density at radius 2 is 1.35 bits per heavy atom. The highest BCUT2D eigenvalue weighted by molar-refractivity contribution is 5.32. The second-order valence-electron chi connectivity index (χ2n) is 6.51. The van der Waals surface area contributed by atoms with Gasteiger partial charge in [0.15, 0.2) is 0 Å². The summed E-state index contributed by atoms with van der Waals surface area (Å²) in [5.74, 6) is 0.495. The van der Waals surface area contributed by atoms with E-state index >= 15 is 0 Å². The highest BCUT2D eigenvalue weighted by Crippen LogP contribution is 2.30. The fourth-order valence-electron chi connectivity index (χ4n) is 3.55. The number of rotatable bonds is 6. The number of piperazine rings is 1. The molecule has 2 heteroatoms. The second-order valence-corrected chi connectivity index (χ2v) is 6.51. The highest BCUT2D eigenvalue weighted by atomic mass is 15.2. The molecule has 3 rings (SSSR count). The summed E-state index contributed by atoms with van der Waals surface area (Å²) in [5.41, 5.74) is 2.86. The molecular formula is C21H27N2. The van der Waals surface area contributed by atoms with Gasteiger partial charge in [0.1, 0.15) is 0 Å². The van der Waals surface area contributed by atoms with Gasteiger partial charge in [0.25, 0.3) is 0 Å². The molecular weight excluding hydrogens is 280 g/mol. The molecule has 0 bridgehead atoms. The number of benzene rings is 2. The van der Waals surface area contributed by atoms with Crippen LogP contribution in [0.1, 0.15) is 36.8 Å². The average Bonchev–Trinajstić information content (AvgIpc) is 2.64. The lowest BCUT2D eigenvalue weighted by Gasteiger charge is -2.33. The largest absolute Gasteiger partial charge is 0.298 e. The third-order valence-corrected chi connectivity index (χ3v) is 4.99. The van der Waals surface area contributed by atoms with Crippen LogP contribution in [-0.2, 0) is 0 Å². The topological polar surface area (TPSA) is 17.3 Å². The van der Waals surface area contributed by atoms with Crippen molar-refractivity contribution >= 4 is 0 Å². The van der Waals surface area contributed by atoms with Crippen LogP contribution in [0.2, 0.25) is 0 Å². The van der Waals surface area contributed by atoms with Crippen molar-refractivity contribution < 1.29 is 0 Å². The Bertz CT molecular complexity index is 521. The minimum atomic E-state index is 0.495. The summed E-state index contributed by atoms with van der Waals surface area (Å²) in [7, 11) is 0. The molecule has 1 aliphatic heterocycles. The van der Waals surface area contributed by atoms with Crippen molar-refractivity contribution in [1.29, 1.82) is 0 Å². The van der Waals surface area contributed by atoms with E-state index in [1.165, 1.54) is 24.0 Å². The molecule has 0 N–H and O–H groups in total. The monoisotopic (exact) mass is 307 g/mol. The maximum Gasteiger partial charge on any atom is 0.0261 e. The van der Waals surface area contributed by atoms with Crippen LogP contribution >= 0.6 is 0 Å². The summed E-state index contributed by atoms with van der Waals surface area (Å²) >= 11 is 0. The third-order valence-electron chi connectivity index (χ3n) is 4.99. The van der Waals surface area contributed by atoms with Gasteiger partial charge in [-0.2, -0.15) is 0 Å². The van der Waals surface area contributed by atoms with Crippen LogP contribution in [0.25, 0.3) is 0 Å². The molecule has 1 saturated heterocycles. The molecule has 23 heavy (non-hydrogen) atoms. The molecule has 1 unspecified atom stereocenters. The van der Waals surface area contributed by atoms with Gasteiger partial charge in [-0.3, -0.25) is 4.90 Å². The van der Waals surface area contributed by atoms with E-state index < -0.39 is 0 Å². The normalized spacial score (nSPS) is 17.3. The summed E-state index contributed by atoms with van der Waals surface area (Å²) in [6, 6.07) is 22.5. The van der Waals surface area contributed by atoms with Crippen molar-refractivity contribution in [1.82, 2.24) is 10.2 Å². The zero-order valence-electron chi connectivity index (χ0n) is 14.1. The second kappa shape index (κ2) is 8.28. The third kappa shape index (κ3) is 4.43. The Balaban J connectivity index is 1.69. The molecule has 0 saturated carbocycles. The molecule has 0 spiro atoms. The first-order valence-electron chi connectivity index (χ1n) is 8.82. The van der Waals surface area contributed by atoms with E-state index in [4.69, 9.17) is 0 Å². The van der Waals surface area contributed by atoms with E-state index in [-0.39, 0.29) is 0 Å². The van der Waals surface area contributed by atoms with Crippen LogP contribution in [-0.4, -0.2) is 37.1 Å². The molecule has 1 aliphatic rings. The van der Waals surface area contributed by atoms with Crippen molar-refractivity contribution in [3.63, 3.8) is 0 Å². The maximum atomic E-state index is 4.46. The Kier molecular flexibility index (Phi) is 5.84. The van der Waals surface area contributed by atoms with Gasteiger partial charge < -0.3 is 0 Å². The molecule has 0 aromatic heterocycles. The van der Waals surface area contributed by atoms with Crippen LogP contribution in [0.3, 0.4) is 0 Å². The minimum absolute atomic E-state index is 0.495. The van der Waals surface area contributed by atoms with Crippen LogP contribution in [0.4, 0.5) is 0 Å². The molecule has 1 fully saturated rings. The van der Waals surface area contributed by atoms with Gasteiger partial charge in [-0.25, -0.2) is 5.32 Å².